The molecule has 0 spiro atoms. The van der Waals surface area contributed by atoms with Gasteiger partial charge in [-0.15, -0.1) is 13.2 Å². The van der Waals surface area contributed by atoms with Gasteiger partial charge in [0, 0.05) is 5.56 Å². The summed E-state index contributed by atoms with van der Waals surface area (Å²) in [7, 11) is 0. The van der Waals surface area contributed by atoms with E-state index in [9.17, 15) is 26.3 Å². The van der Waals surface area contributed by atoms with Crippen molar-refractivity contribution in [3.63, 3.8) is 0 Å². The lowest BCUT2D eigenvalue weighted by molar-refractivity contribution is -0.276. The number of hydrogen-bond acceptors (Lipinski definition) is 2. The fourth-order valence-corrected chi connectivity index (χ4v) is 6.35. The van der Waals surface area contributed by atoms with E-state index >= 15 is 17.6 Å². The zero-order valence-corrected chi connectivity index (χ0v) is 26.3. The number of rotatable bonds is 11. The zero-order chi connectivity index (χ0) is 35.5. The minimum absolute atomic E-state index is 0.123. The third-order valence-electron chi connectivity index (χ3n) is 8.82. The smallest absolute Gasteiger partial charge is 0.429 e. The first-order valence-corrected chi connectivity index (χ1v) is 15.9. The Balaban J connectivity index is 1.27. The third kappa shape index (κ3) is 8.69. The molecule has 1 fully saturated rings. The molecule has 1 saturated carbocycles. The molecule has 0 atom stereocenters. The van der Waals surface area contributed by atoms with E-state index in [-0.39, 0.29) is 22.6 Å². The second kappa shape index (κ2) is 14.7. The highest BCUT2D eigenvalue weighted by Crippen LogP contribution is 2.42. The van der Waals surface area contributed by atoms with Gasteiger partial charge in [0.05, 0.1) is 0 Å². The largest absolute Gasteiger partial charge is 0.573 e. The highest BCUT2D eigenvalue weighted by atomic mass is 19.4. The Morgan fingerprint density at radius 1 is 0.612 bits per heavy atom. The summed E-state index contributed by atoms with van der Waals surface area (Å²) in [6.45, 7) is 2.13. The quantitative estimate of drug-likeness (QED) is 0.115. The van der Waals surface area contributed by atoms with Gasteiger partial charge in [-0.3, -0.25) is 0 Å². The van der Waals surface area contributed by atoms with Gasteiger partial charge in [-0.2, -0.15) is 8.78 Å². The van der Waals surface area contributed by atoms with Crippen LogP contribution in [0.5, 0.6) is 11.5 Å². The molecule has 2 nitrogen and oxygen atoms in total. The van der Waals surface area contributed by atoms with Gasteiger partial charge in [0.1, 0.15) is 28.8 Å². The van der Waals surface area contributed by atoms with E-state index in [2.05, 4.69) is 11.7 Å². The number of hydrogen-bond donors (Lipinski definition) is 0. The van der Waals surface area contributed by atoms with E-state index in [1.54, 1.807) is 0 Å². The number of alkyl halides is 5. The Morgan fingerprint density at radius 2 is 1.18 bits per heavy atom. The van der Waals surface area contributed by atoms with Gasteiger partial charge >= 0.3 is 12.5 Å². The lowest BCUT2D eigenvalue weighted by atomic mass is 9.77. The summed E-state index contributed by atoms with van der Waals surface area (Å²) < 4.78 is 149. The Labute approximate surface area is 276 Å². The van der Waals surface area contributed by atoms with E-state index in [4.69, 9.17) is 4.74 Å². The van der Waals surface area contributed by atoms with Crippen molar-refractivity contribution in [2.24, 2.45) is 5.92 Å². The average molecular weight is 699 g/mol. The molecule has 0 bridgehead atoms. The first-order chi connectivity index (χ1) is 23.1. The van der Waals surface area contributed by atoms with E-state index in [0.29, 0.717) is 23.6 Å². The molecule has 49 heavy (non-hydrogen) atoms. The average Bonchev–Trinajstić information content (AvgIpc) is 3.02. The molecule has 5 rings (SSSR count). The SMILES string of the molecule is CCCCCC1CCC(c2cc(F)c(C(F)(F)Oc3ccc(-c4ccc(-c5cc(F)c(OC(F)(F)F)c(F)c5)c(F)c4)cc3)c(F)c2)CC1. The van der Waals surface area contributed by atoms with Crippen LogP contribution in [0.2, 0.25) is 0 Å². The van der Waals surface area contributed by atoms with Crippen molar-refractivity contribution < 1.29 is 53.4 Å². The maximum Gasteiger partial charge on any atom is 0.573 e. The lowest BCUT2D eigenvalue weighted by Crippen LogP contribution is -2.25. The van der Waals surface area contributed by atoms with Crippen LogP contribution in [0, 0.1) is 35.0 Å². The number of halogens is 10. The molecule has 0 saturated heterocycles. The van der Waals surface area contributed by atoms with Crippen molar-refractivity contribution in [3.05, 3.63) is 107 Å². The summed E-state index contributed by atoms with van der Waals surface area (Å²) in [5.74, 6) is -8.92. The predicted molar refractivity (Wildman–Crippen MR) is 164 cm³/mol. The van der Waals surface area contributed by atoms with Gasteiger partial charge in [0.25, 0.3) is 0 Å². The summed E-state index contributed by atoms with van der Waals surface area (Å²) in [6.07, 6.45) is -1.87. The fraction of sp³-hybridized carbons (Fsp3) is 0.351. The van der Waals surface area contributed by atoms with Crippen LogP contribution >= 0.6 is 0 Å². The standard InChI is InChI=1S/C37H32F10O2/c1-2-3-4-5-21-6-8-23(9-7-21)25-17-30(39)34(31(40)18-25)36(43,44)48-27-13-10-22(11-14-27)24-12-15-28(29(38)16-24)26-19-32(41)35(33(42)20-26)49-37(45,46)47/h10-21,23H,2-9H2,1H3. The molecule has 12 heteroatoms. The number of benzene rings is 4. The molecule has 0 radical (unpaired) electrons. The highest BCUT2D eigenvalue weighted by Gasteiger charge is 2.41. The van der Waals surface area contributed by atoms with Crippen LogP contribution in [-0.4, -0.2) is 6.36 Å². The van der Waals surface area contributed by atoms with Crippen LogP contribution in [0.1, 0.15) is 75.3 Å². The molecule has 1 aliphatic rings. The monoisotopic (exact) mass is 698 g/mol. The van der Waals surface area contributed by atoms with Crippen molar-refractivity contribution in [2.45, 2.75) is 76.7 Å². The van der Waals surface area contributed by atoms with E-state index < -0.39 is 64.2 Å². The van der Waals surface area contributed by atoms with E-state index in [1.165, 1.54) is 18.2 Å². The maximum absolute atomic E-state index is 15.1. The normalized spacial score (nSPS) is 16.9. The summed E-state index contributed by atoms with van der Waals surface area (Å²) in [4.78, 5) is 0. The molecule has 0 heterocycles. The van der Waals surface area contributed by atoms with Crippen molar-refractivity contribution in [3.8, 4) is 33.8 Å². The van der Waals surface area contributed by atoms with Crippen LogP contribution < -0.4 is 9.47 Å². The molecule has 4 aromatic rings. The zero-order valence-electron chi connectivity index (χ0n) is 26.3. The molecule has 0 N–H and O–H groups in total. The number of unbranched alkanes of at least 4 members (excludes halogenated alkanes) is 2. The van der Waals surface area contributed by atoms with Crippen molar-refractivity contribution >= 4 is 0 Å². The van der Waals surface area contributed by atoms with Crippen LogP contribution in [-0.2, 0) is 6.11 Å². The van der Waals surface area contributed by atoms with Gasteiger partial charge in [0.2, 0.25) is 5.75 Å². The summed E-state index contributed by atoms with van der Waals surface area (Å²) in [5, 5.41) is 0. The molecule has 262 valence electrons. The molecule has 0 aliphatic heterocycles. The summed E-state index contributed by atoms with van der Waals surface area (Å²) >= 11 is 0. The predicted octanol–water partition coefficient (Wildman–Crippen LogP) is 12.6. The topological polar surface area (TPSA) is 18.5 Å². The molecular formula is C37H32F10O2. The number of ether oxygens (including phenoxy) is 2. The van der Waals surface area contributed by atoms with Crippen LogP contribution in [0.4, 0.5) is 43.9 Å². The van der Waals surface area contributed by atoms with E-state index in [1.807, 2.05) is 0 Å². The van der Waals surface area contributed by atoms with Crippen molar-refractivity contribution in [1.82, 2.24) is 0 Å². The highest BCUT2D eigenvalue weighted by molar-refractivity contribution is 5.72. The fourth-order valence-electron chi connectivity index (χ4n) is 6.35. The van der Waals surface area contributed by atoms with Crippen LogP contribution in [0.15, 0.2) is 66.7 Å². The molecule has 4 aromatic carbocycles. The second-order valence-electron chi connectivity index (χ2n) is 12.2. The molecule has 0 amide bonds. The van der Waals surface area contributed by atoms with Gasteiger partial charge in [-0.1, -0.05) is 56.9 Å². The first kappa shape index (κ1) is 36.1. The third-order valence-corrected chi connectivity index (χ3v) is 8.82. The maximum atomic E-state index is 15.1. The van der Waals surface area contributed by atoms with Gasteiger partial charge in [0.15, 0.2) is 11.6 Å². The van der Waals surface area contributed by atoms with Crippen LogP contribution in [0.25, 0.3) is 22.3 Å². The van der Waals surface area contributed by atoms with Crippen molar-refractivity contribution in [1.29, 1.82) is 0 Å². The Kier molecular flexibility index (Phi) is 10.8. The van der Waals surface area contributed by atoms with E-state index in [0.717, 1.165) is 87.8 Å². The Hall–Kier alpha value is -4.22. The van der Waals surface area contributed by atoms with Crippen LogP contribution in [0.3, 0.4) is 0 Å². The molecular weight excluding hydrogens is 666 g/mol. The first-order valence-electron chi connectivity index (χ1n) is 15.9. The summed E-state index contributed by atoms with van der Waals surface area (Å²) in [5.41, 5.74) is -1.44. The Morgan fingerprint density at radius 3 is 1.73 bits per heavy atom. The van der Waals surface area contributed by atoms with Crippen molar-refractivity contribution in [2.75, 3.05) is 0 Å². The summed E-state index contributed by atoms with van der Waals surface area (Å²) in [6, 6.07) is 11.0. The minimum Gasteiger partial charge on any atom is -0.429 e. The molecule has 0 unspecified atom stereocenters. The molecule has 0 aromatic heterocycles. The lowest BCUT2D eigenvalue weighted by Gasteiger charge is -2.29. The Bertz CT molecular complexity index is 1710. The second-order valence-corrected chi connectivity index (χ2v) is 12.2. The van der Waals surface area contributed by atoms with Gasteiger partial charge in [-0.25, -0.2) is 22.0 Å². The van der Waals surface area contributed by atoms with Gasteiger partial charge < -0.3 is 9.47 Å². The minimum atomic E-state index is -5.35. The molecule has 1 aliphatic carbocycles. The van der Waals surface area contributed by atoms with Gasteiger partial charge in [-0.05, 0) is 102 Å².